The second-order valence-electron chi connectivity index (χ2n) is 8.90. The highest BCUT2D eigenvalue weighted by Crippen LogP contribution is 2.19. The molecule has 5 rings (SSSR count). The van der Waals surface area contributed by atoms with Crippen LogP contribution in [0.5, 0.6) is 0 Å². The smallest absolute Gasteiger partial charge is 0.229 e. The first-order chi connectivity index (χ1) is 16.7. The molecule has 6 nitrogen and oxygen atoms in total. The van der Waals surface area contributed by atoms with Gasteiger partial charge in [0.25, 0.3) is 0 Å². The Labute approximate surface area is 198 Å². The largest absolute Gasteiger partial charge is 0.352 e. The van der Waals surface area contributed by atoms with E-state index >= 15 is 0 Å². The second-order valence-corrected chi connectivity index (χ2v) is 8.90. The summed E-state index contributed by atoms with van der Waals surface area (Å²) < 4.78 is 17.2. The average Bonchev–Trinajstić information content (AvgIpc) is 3.54. The van der Waals surface area contributed by atoms with Crippen molar-refractivity contribution in [2.45, 2.75) is 25.9 Å². The van der Waals surface area contributed by atoms with Crippen LogP contribution in [0, 0.1) is 11.7 Å². The maximum absolute atomic E-state index is 13.1. The van der Waals surface area contributed by atoms with E-state index in [2.05, 4.69) is 22.0 Å². The number of hydrogen-bond donors (Lipinski definition) is 2. The summed E-state index contributed by atoms with van der Waals surface area (Å²) in [6.45, 7) is 3.05. The van der Waals surface area contributed by atoms with E-state index in [4.69, 9.17) is 5.10 Å². The molecule has 2 N–H and O–H groups in total. The predicted molar refractivity (Wildman–Crippen MR) is 128 cm³/mol. The van der Waals surface area contributed by atoms with Crippen molar-refractivity contribution in [3.63, 3.8) is 0 Å². The number of aromatic nitrogens is 3. The number of nitrogens with zero attached hydrogens (tertiary/aromatic N) is 3. The van der Waals surface area contributed by atoms with E-state index in [1.165, 1.54) is 17.0 Å². The molecule has 2 aromatic carbocycles. The first-order valence-corrected chi connectivity index (χ1v) is 11.8. The van der Waals surface area contributed by atoms with Crippen molar-refractivity contribution in [2.75, 3.05) is 13.1 Å². The summed E-state index contributed by atoms with van der Waals surface area (Å²) in [7, 11) is 0. The van der Waals surface area contributed by atoms with Gasteiger partial charge in [-0.15, -0.1) is 0 Å². The van der Waals surface area contributed by atoms with Gasteiger partial charge in [-0.05, 0) is 54.8 Å². The Morgan fingerprint density at radius 1 is 1.06 bits per heavy atom. The van der Waals surface area contributed by atoms with Gasteiger partial charge in [0, 0.05) is 18.9 Å². The molecule has 1 amide bonds. The number of nitrogens with one attached hydrogen (secondary N) is 2. The van der Waals surface area contributed by atoms with E-state index in [9.17, 15) is 9.18 Å². The van der Waals surface area contributed by atoms with Gasteiger partial charge in [-0.3, -0.25) is 4.79 Å². The summed E-state index contributed by atoms with van der Waals surface area (Å²) in [5.74, 6) is 0.818. The molecular weight excluding hydrogens is 429 g/mol. The third kappa shape index (κ3) is 4.94. The molecule has 1 aliphatic heterocycles. The van der Waals surface area contributed by atoms with Gasteiger partial charge in [0.15, 0.2) is 0 Å². The lowest BCUT2D eigenvalue weighted by Crippen LogP contribution is -3.12. The van der Waals surface area contributed by atoms with E-state index in [1.807, 2.05) is 53.6 Å². The summed E-state index contributed by atoms with van der Waals surface area (Å²) in [5.41, 5.74) is 3.08. The quantitative estimate of drug-likeness (QED) is 0.448. The second kappa shape index (κ2) is 10.1. The van der Waals surface area contributed by atoms with Gasteiger partial charge >= 0.3 is 0 Å². The Bertz CT molecular complexity index is 1220. The van der Waals surface area contributed by atoms with Gasteiger partial charge < -0.3 is 14.8 Å². The SMILES string of the molecule is O=C(NCc1ccc(F)cc1)C1CCC[NH+](Cc2cnn(-c3ccccc3)c2-n2cccc2)C1. The first kappa shape index (κ1) is 22.1. The number of halogens is 1. The monoisotopic (exact) mass is 458 g/mol. The summed E-state index contributed by atoms with van der Waals surface area (Å²) in [6.07, 6.45) is 7.93. The summed E-state index contributed by atoms with van der Waals surface area (Å²) in [4.78, 5) is 14.2. The van der Waals surface area contributed by atoms with Crippen LogP contribution in [0.4, 0.5) is 4.39 Å². The van der Waals surface area contributed by atoms with Crippen LogP contribution in [0.2, 0.25) is 0 Å². The molecule has 1 fully saturated rings. The average molecular weight is 459 g/mol. The zero-order chi connectivity index (χ0) is 23.3. The van der Waals surface area contributed by atoms with Gasteiger partial charge in [-0.2, -0.15) is 5.10 Å². The van der Waals surface area contributed by atoms with Crippen LogP contribution in [0.3, 0.4) is 0 Å². The molecule has 0 bridgehead atoms. The molecule has 0 spiro atoms. The van der Waals surface area contributed by atoms with Crippen molar-refractivity contribution in [1.29, 1.82) is 0 Å². The lowest BCUT2D eigenvalue weighted by Gasteiger charge is -2.29. The molecule has 2 aromatic heterocycles. The van der Waals surface area contributed by atoms with E-state index < -0.39 is 0 Å². The summed E-state index contributed by atoms with van der Waals surface area (Å²) in [5, 5.41) is 7.74. The number of likely N-dealkylation sites (tertiary alicyclic amines) is 1. The predicted octanol–water partition coefficient (Wildman–Crippen LogP) is 2.91. The Hall–Kier alpha value is -3.71. The van der Waals surface area contributed by atoms with Crippen LogP contribution >= 0.6 is 0 Å². The van der Waals surface area contributed by atoms with E-state index in [0.717, 1.165) is 55.1 Å². The Morgan fingerprint density at radius 3 is 2.59 bits per heavy atom. The number of benzene rings is 2. The molecule has 7 heteroatoms. The third-order valence-electron chi connectivity index (χ3n) is 6.48. The van der Waals surface area contributed by atoms with E-state index in [1.54, 1.807) is 12.1 Å². The maximum atomic E-state index is 13.1. The highest BCUT2D eigenvalue weighted by Gasteiger charge is 2.30. The van der Waals surface area contributed by atoms with Crippen molar-refractivity contribution in [1.82, 2.24) is 19.7 Å². The minimum Gasteiger partial charge on any atom is -0.352 e. The molecule has 0 saturated carbocycles. The zero-order valence-corrected chi connectivity index (χ0v) is 19.0. The van der Waals surface area contributed by atoms with Gasteiger partial charge in [-0.1, -0.05) is 30.3 Å². The minimum atomic E-state index is -0.267. The number of amides is 1. The van der Waals surface area contributed by atoms with Gasteiger partial charge in [-0.25, -0.2) is 9.07 Å². The van der Waals surface area contributed by atoms with Gasteiger partial charge in [0.05, 0.1) is 36.5 Å². The standard InChI is InChI=1S/C27H28FN5O/c28-24-12-10-21(11-13-24)17-29-26(34)22-7-6-14-31(19-22)20-23-18-30-33(25-8-2-1-3-9-25)27(23)32-15-4-5-16-32/h1-5,8-13,15-16,18,22H,6-7,14,17,19-20H2,(H,29,34)/p+1. The van der Waals surface area contributed by atoms with Crippen LogP contribution in [0.15, 0.2) is 85.3 Å². The van der Waals surface area contributed by atoms with Crippen molar-refractivity contribution in [2.24, 2.45) is 5.92 Å². The fourth-order valence-electron chi connectivity index (χ4n) is 4.75. The molecular formula is C27H29FN5O+. The minimum absolute atomic E-state index is 0.0246. The Kier molecular flexibility index (Phi) is 6.53. The lowest BCUT2D eigenvalue weighted by atomic mass is 9.96. The van der Waals surface area contributed by atoms with Gasteiger partial charge in [0.1, 0.15) is 18.2 Å². The molecule has 34 heavy (non-hydrogen) atoms. The first-order valence-electron chi connectivity index (χ1n) is 11.8. The highest BCUT2D eigenvalue weighted by atomic mass is 19.1. The van der Waals surface area contributed by atoms with Crippen LogP contribution in [-0.2, 0) is 17.9 Å². The number of carbonyl (C=O) groups is 1. The van der Waals surface area contributed by atoms with Crippen molar-refractivity contribution in [3.8, 4) is 11.5 Å². The molecule has 2 unspecified atom stereocenters. The number of quaternary nitrogens is 1. The number of hydrogen-bond acceptors (Lipinski definition) is 2. The maximum Gasteiger partial charge on any atom is 0.229 e. The zero-order valence-electron chi connectivity index (χ0n) is 19.0. The third-order valence-corrected chi connectivity index (χ3v) is 6.48. The molecule has 174 valence electrons. The number of rotatable bonds is 7. The molecule has 1 saturated heterocycles. The molecule has 4 aromatic rings. The van der Waals surface area contributed by atoms with Crippen molar-refractivity contribution >= 4 is 5.91 Å². The fraction of sp³-hybridized carbons (Fsp3) is 0.259. The molecule has 0 aliphatic carbocycles. The summed E-state index contributed by atoms with van der Waals surface area (Å²) in [6, 6.07) is 20.4. The van der Waals surface area contributed by atoms with Crippen LogP contribution < -0.4 is 10.2 Å². The lowest BCUT2D eigenvalue weighted by molar-refractivity contribution is -0.921. The van der Waals surface area contributed by atoms with E-state index in [0.29, 0.717) is 6.54 Å². The van der Waals surface area contributed by atoms with Crippen LogP contribution in [-0.4, -0.2) is 33.3 Å². The molecule has 3 heterocycles. The normalized spacial score (nSPS) is 18.0. The van der Waals surface area contributed by atoms with E-state index in [-0.39, 0.29) is 17.6 Å². The van der Waals surface area contributed by atoms with Crippen LogP contribution in [0.25, 0.3) is 11.5 Å². The van der Waals surface area contributed by atoms with Crippen molar-refractivity contribution < 1.29 is 14.1 Å². The van der Waals surface area contributed by atoms with Crippen LogP contribution in [0.1, 0.15) is 24.0 Å². The highest BCUT2D eigenvalue weighted by molar-refractivity contribution is 5.78. The fourth-order valence-corrected chi connectivity index (χ4v) is 4.75. The Balaban J connectivity index is 1.28. The topological polar surface area (TPSA) is 56.3 Å². The number of carbonyl (C=O) groups excluding carboxylic acids is 1. The molecule has 1 aliphatic rings. The Morgan fingerprint density at radius 2 is 1.82 bits per heavy atom. The number of piperidine rings is 1. The molecule has 0 radical (unpaired) electrons. The molecule has 2 atom stereocenters. The van der Waals surface area contributed by atoms with Gasteiger partial charge in [0.2, 0.25) is 5.91 Å². The summed E-state index contributed by atoms with van der Waals surface area (Å²) >= 11 is 0. The number of para-hydroxylation sites is 1. The van der Waals surface area contributed by atoms with Crippen molar-refractivity contribution in [3.05, 3.63) is 102 Å².